The second-order valence-corrected chi connectivity index (χ2v) is 6.57. The van der Waals surface area contributed by atoms with E-state index in [9.17, 15) is 27.9 Å². The molecule has 2 heterocycles. The van der Waals surface area contributed by atoms with Crippen molar-refractivity contribution in [3.05, 3.63) is 42.2 Å². The first-order chi connectivity index (χ1) is 13.7. The molecule has 0 unspecified atom stereocenters. The molecule has 0 saturated carbocycles. The Labute approximate surface area is 163 Å². The second-order valence-electron chi connectivity index (χ2n) is 6.57. The number of halogens is 3. The summed E-state index contributed by atoms with van der Waals surface area (Å²) in [4.78, 5) is 34.0. The number of nitrogens with zero attached hydrogens (tertiary/aromatic N) is 4. The molecular weight excluding hydrogens is 391 g/mol. The molecule has 1 atom stereocenters. The third kappa shape index (κ3) is 4.55. The lowest BCUT2D eigenvalue weighted by molar-refractivity contribution is -0.137. The van der Waals surface area contributed by atoms with Crippen LogP contribution in [0, 0.1) is 0 Å². The first kappa shape index (κ1) is 20.4. The van der Waals surface area contributed by atoms with E-state index in [1.807, 2.05) is 0 Å². The van der Waals surface area contributed by atoms with Crippen molar-refractivity contribution in [3.8, 4) is 11.3 Å². The minimum Gasteiger partial charge on any atom is -0.465 e. The molecule has 1 aromatic carbocycles. The number of hydrogen-bond acceptors (Lipinski definition) is 4. The first-order valence-electron chi connectivity index (χ1n) is 8.73. The number of urea groups is 1. The zero-order valence-electron chi connectivity index (χ0n) is 15.1. The molecule has 1 fully saturated rings. The van der Waals surface area contributed by atoms with Gasteiger partial charge in [0, 0.05) is 18.7 Å². The van der Waals surface area contributed by atoms with Crippen LogP contribution in [0.25, 0.3) is 11.3 Å². The van der Waals surface area contributed by atoms with Crippen LogP contribution in [-0.2, 0) is 6.18 Å². The largest absolute Gasteiger partial charge is 0.465 e. The molecule has 2 aromatic rings. The van der Waals surface area contributed by atoms with E-state index in [-0.39, 0.29) is 18.1 Å². The van der Waals surface area contributed by atoms with Crippen LogP contribution in [0.4, 0.5) is 28.6 Å². The fraction of sp³-hybridized carbons (Fsp3) is 0.333. The summed E-state index contributed by atoms with van der Waals surface area (Å²) in [6, 6.07) is 3.05. The number of alkyl halides is 3. The van der Waals surface area contributed by atoms with Crippen molar-refractivity contribution in [2.75, 3.05) is 18.0 Å². The molecular formula is C18H18F3N5O3. The minimum atomic E-state index is -4.45. The predicted octanol–water partition coefficient (Wildman–Crippen LogP) is 3.19. The second kappa shape index (κ2) is 7.94. The van der Waals surface area contributed by atoms with Crippen LogP contribution in [0.1, 0.15) is 18.4 Å². The van der Waals surface area contributed by atoms with E-state index >= 15 is 0 Å². The van der Waals surface area contributed by atoms with Crippen LogP contribution in [0.3, 0.4) is 0 Å². The number of likely N-dealkylation sites (tertiary alicyclic amines) is 1. The Hall–Kier alpha value is -3.37. The Morgan fingerprint density at radius 1 is 1.21 bits per heavy atom. The van der Waals surface area contributed by atoms with Gasteiger partial charge in [0.15, 0.2) is 5.82 Å². The van der Waals surface area contributed by atoms with Gasteiger partial charge in [0.2, 0.25) is 0 Å². The molecule has 29 heavy (non-hydrogen) atoms. The SMILES string of the molecule is NC(=O)N(c1cncc(-c2ccc(C(F)(F)F)cc2)n1)[C@H]1CCCN(C(=O)O)C1. The summed E-state index contributed by atoms with van der Waals surface area (Å²) in [7, 11) is 0. The maximum absolute atomic E-state index is 12.7. The van der Waals surface area contributed by atoms with Crippen LogP contribution in [0.2, 0.25) is 0 Å². The first-order valence-corrected chi connectivity index (χ1v) is 8.73. The van der Waals surface area contributed by atoms with E-state index in [4.69, 9.17) is 5.73 Å². The number of carbonyl (C=O) groups is 2. The standard InChI is InChI=1S/C18H18F3N5O3/c19-18(20,21)12-5-3-11(4-6-12)14-8-23-9-15(24-14)26(16(22)27)13-2-1-7-25(10-13)17(28)29/h3-6,8-9,13H,1-2,7,10H2,(H2,22,27)(H,28,29)/t13-/m0/s1. The van der Waals surface area contributed by atoms with Gasteiger partial charge < -0.3 is 15.7 Å². The van der Waals surface area contributed by atoms with Crippen molar-refractivity contribution in [2.24, 2.45) is 5.73 Å². The van der Waals surface area contributed by atoms with Gasteiger partial charge in [-0.25, -0.2) is 14.6 Å². The molecule has 0 bridgehead atoms. The molecule has 0 aliphatic carbocycles. The number of carboxylic acid groups (broad SMARTS) is 1. The molecule has 3 rings (SSSR count). The lowest BCUT2D eigenvalue weighted by Crippen LogP contribution is -2.53. The van der Waals surface area contributed by atoms with E-state index in [1.165, 1.54) is 34.3 Å². The van der Waals surface area contributed by atoms with E-state index in [0.29, 0.717) is 24.9 Å². The van der Waals surface area contributed by atoms with Crippen molar-refractivity contribution in [3.63, 3.8) is 0 Å². The van der Waals surface area contributed by atoms with Crippen molar-refractivity contribution < 1.29 is 27.9 Å². The number of anilines is 1. The number of aromatic nitrogens is 2. The third-order valence-electron chi connectivity index (χ3n) is 4.65. The highest BCUT2D eigenvalue weighted by atomic mass is 19.4. The number of hydrogen-bond donors (Lipinski definition) is 2. The van der Waals surface area contributed by atoms with Crippen molar-refractivity contribution in [1.82, 2.24) is 14.9 Å². The van der Waals surface area contributed by atoms with Crippen LogP contribution >= 0.6 is 0 Å². The van der Waals surface area contributed by atoms with E-state index in [2.05, 4.69) is 9.97 Å². The van der Waals surface area contributed by atoms with Gasteiger partial charge in [-0.3, -0.25) is 9.88 Å². The Morgan fingerprint density at radius 3 is 2.48 bits per heavy atom. The van der Waals surface area contributed by atoms with Crippen molar-refractivity contribution in [2.45, 2.75) is 25.1 Å². The summed E-state index contributed by atoms with van der Waals surface area (Å²) >= 11 is 0. The van der Waals surface area contributed by atoms with E-state index < -0.39 is 29.9 Å². The highest BCUT2D eigenvalue weighted by Crippen LogP contribution is 2.31. The molecule has 0 spiro atoms. The van der Waals surface area contributed by atoms with Gasteiger partial charge in [-0.05, 0) is 25.0 Å². The van der Waals surface area contributed by atoms with Gasteiger partial charge in [0.25, 0.3) is 0 Å². The topological polar surface area (TPSA) is 113 Å². The van der Waals surface area contributed by atoms with Crippen LogP contribution in [0.5, 0.6) is 0 Å². The molecule has 1 aromatic heterocycles. The molecule has 154 valence electrons. The monoisotopic (exact) mass is 409 g/mol. The fourth-order valence-corrected chi connectivity index (χ4v) is 3.26. The van der Waals surface area contributed by atoms with Gasteiger partial charge in [-0.1, -0.05) is 12.1 Å². The Morgan fingerprint density at radius 2 is 1.90 bits per heavy atom. The number of amides is 3. The lowest BCUT2D eigenvalue weighted by atomic mass is 10.0. The highest BCUT2D eigenvalue weighted by molar-refractivity contribution is 5.90. The number of primary amides is 1. The van der Waals surface area contributed by atoms with Crippen molar-refractivity contribution >= 4 is 17.9 Å². The van der Waals surface area contributed by atoms with Crippen molar-refractivity contribution in [1.29, 1.82) is 0 Å². The summed E-state index contributed by atoms with van der Waals surface area (Å²) in [6.45, 7) is 0.431. The number of benzene rings is 1. The van der Waals surface area contributed by atoms with Crippen LogP contribution in [0.15, 0.2) is 36.7 Å². The molecule has 1 saturated heterocycles. The Bertz CT molecular complexity index is 904. The number of carbonyl (C=O) groups excluding carboxylic acids is 1. The van der Waals surface area contributed by atoms with Crippen LogP contribution in [-0.4, -0.2) is 51.2 Å². The normalized spacial score (nSPS) is 17.1. The van der Waals surface area contributed by atoms with Gasteiger partial charge in [0.1, 0.15) is 0 Å². The predicted molar refractivity (Wildman–Crippen MR) is 97.2 cm³/mol. The summed E-state index contributed by atoms with van der Waals surface area (Å²) in [5.74, 6) is 0.104. The zero-order valence-corrected chi connectivity index (χ0v) is 15.1. The number of piperidine rings is 1. The van der Waals surface area contributed by atoms with Gasteiger partial charge in [0.05, 0.1) is 29.7 Å². The summed E-state index contributed by atoms with van der Waals surface area (Å²) in [5.41, 5.74) is 5.35. The molecule has 1 aliphatic rings. The van der Waals surface area contributed by atoms with Crippen LogP contribution < -0.4 is 10.6 Å². The van der Waals surface area contributed by atoms with Gasteiger partial charge >= 0.3 is 18.3 Å². The lowest BCUT2D eigenvalue weighted by Gasteiger charge is -2.36. The molecule has 1 aliphatic heterocycles. The molecule has 0 radical (unpaired) electrons. The molecule has 8 nitrogen and oxygen atoms in total. The Balaban J connectivity index is 1.89. The summed E-state index contributed by atoms with van der Waals surface area (Å²) in [5, 5.41) is 9.20. The maximum Gasteiger partial charge on any atom is 0.416 e. The smallest absolute Gasteiger partial charge is 0.416 e. The minimum absolute atomic E-state index is 0.0739. The van der Waals surface area contributed by atoms with Gasteiger partial charge in [-0.15, -0.1) is 0 Å². The Kier molecular flexibility index (Phi) is 5.57. The highest BCUT2D eigenvalue weighted by Gasteiger charge is 2.32. The fourth-order valence-electron chi connectivity index (χ4n) is 3.26. The van der Waals surface area contributed by atoms with Gasteiger partial charge in [-0.2, -0.15) is 13.2 Å². The summed E-state index contributed by atoms with van der Waals surface area (Å²) in [6.07, 6.45) is -1.81. The van der Waals surface area contributed by atoms with E-state index in [1.54, 1.807) is 0 Å². The molecule has 11 heteroatoms. The molecule has 3 amide bonds. The average Bonchev–Trinajstić information content (AvgIpc) is 2.68. The van der Waals surface area contributed by atoms with E-state index in [0.717, 1.165) is 12.1 Å². The third-order valence-corrected chi connectivity index (χ3v) is 4.65. The summed E-state index contributed by atoms with van der Waals surface area (Å²) < 4.78 is 38.2. The number of rotatable bonds is 3. The zero-order chi connectivity index (χ0) is 21.2. The number of nitrogens with two attached hydrogens (primary N) is 1. The molecule has 3 N–H and O–H groups in total. The average molecular weight is 409 g/mol. The maximum atomic E-state index is 12.7. The quantitative estimate of drug-likeness (QED) is 0.808.